The first kappa shape index (κ1) is 17.2. The van der Waals surface area contributed by atoms with Gasteiger partial charge in [-0.3, -0.25) is 4.79 Å². The summed E-state index contributed by atoms with van der Waals surface area (Å²) in [4.78, 5) is 33.6. The summed E-state index contributed by atoms with van der Waals surface area (Å²) in [5.41, 5.74) is 2.09. The van der Waals surface area contributed by atoms with Crippen LogP contribution >= 0.6 is 0 Å². The van der Waals surface area contributed by atoms with E-state index in [0.717, 1.165) is 22.1 Å². The molecule has 0 unspecified atom stereocenters. The third-order valence-electron chi connectivity index (χ3n) is 5.18. The molecule has 0 aliphatic carbocycles. The van der Waals surface area contributed by atoms with Crippen LogP contribution < -0.4 is 16.2 Å². The Morgan fingerprint density at radius 1 is 1.00 bits per heavy atom. The normalized spacial score (nSPS) is 14.0. The molecule has 7 heteroatoms. The summed E-state index contributed by atoms with van der Waals surface area (Å²) < 4.78 is 0. The maximum absolute atomic E-state index is 12.4. The van der Waals surface area contributed by atoms with Crippen molar-refractivity contribution >= 4 is 39.2 Å². The molecule has 0 atom stereocenters. The molecule has 4 aromatic rings. The maximum Gasteiger partial charge on any atom is 0.321 e. The fourth-order valence-electron chi connectivity index (χ4n) is 3.70. The standard InChI is InChI=1S/C22H19N5O2/c28-21-17-9-5-4-8-16(17)19-18(10-11-23-20(19)26-21)24-15-12-27(13-15)22(29)25-14-6-2-1-3-7-14/h1-11,15H,12-13H2,(H,25,29)(H2,23,24,26,28). The molecule has 1 fully saturated rings. The number of urea groups is 1. The third-order valence-corrected chi connectivity index (χ3v) is 5.18. The smallest absolute Gasteiger partial charge is 0.321 e. The van der Waals surface area contributed by atoms with Crippen molar-refractivity contribution in [3.63, 3.8) is 0 Å². The molecule has 2 aromatic heterocycles. The number of hydrogen-bond donors (Lipinski definition) is 3. The number of rotatable bonds is 3. The van der Waals surface area contributed by atoms with Crippen LogP contribution in [0.5, 0.6) is 0 Å². The number of fused-ring (bicyclic) bond motifs is 3. The summed E-state index contributed by atoms with van der Waals surface area (Å²) in [6, 6.07) is 18.8. The van der Waals surface area contributed by atoms with Gasteiger partial charge in [-0.1, -0.05) is 36.4 Å². The molecule has 0 spiro atoms. The van der Waals surface area contributed by atoms with Crippen LogP contribution in [0.15, 0.2) is 71.7 Å². The van der Waals surface area contributed by atoms with Gasteiger partial charge in [-0.25, -0.2) is 9.78 Å². The zero-order valence-corrected chi connectivity index (χ0v) is 15.6. The van der Waals surface area contributed by atoms with E-state index < -0.39 is 0 Å². The number of likely N-dealkylation sites (tertiary alicyclic amines) is 1. The van der Waals surface area contributed by atoms with Gasteiger partial charge in [0, 0.05) is 46.8 Å². The number of carbonyl (C=O) groups is 1. The number of aromatic amines is 1. The Hall–Kier alpha value is -3.87. The monoisotopic (exact) mass is 385 g/mol. The highest BCUT2D eigenvalue weighted by Gasteiger charge is 2.31. The second-order valence-electron chi connectivity index (χ2n) is 7.12. The Kier molecular flexibility index (Phi) is 4.13. The minimum Gasteiger partial charge on any atom is -0.378 e. The van der Waals surface area contributed by atoms with Crippen molar-refractivity contribution in [2.24, 2.45) is 0 Å². The van der Waals surface area contributed by atoms with Gasteiger partial charge >= 0.3 is 6.03 Å². The minimum atomic E-state index is -0.148. The highest BCUT2D eigenvalue weighted by molar-refractivity contribution is 6.10. The Balaban J connectivity index is 1.35. The number of nitrogens with zero attached hydrogens (tertiary/aromatic N) is 2. The van der Waals surface area contributed by atoms with Gasteiger partial charge in [0.2, 0.25) is 0 Å². The van der Waals surface area contributed by atoms with Crippen LogP contribution in [0, 0.1) is 0 Å². The van der Waals surface area contributed by atoms with E-state index >= 15 is 0 Å². The molecule has 2 amide bonds. The molecule has 1 saturated heterocycles. The number of carbonyl (C=O) groups excluding carboxylic acids is 1. The van der Waals surface area contributed by atoms with Crippen LogP contribution in [0.1, 0.15) is 0 Å². The molecular formula is C22H19N5O2. The highest BCUT2D eigenvalue weighted by atomic mass is 16.2. The lowest BCUT2D eigenvalue weighted by Crippen LogP contribution is -2.58. The fourth-order valence-corrected chi connectivity index (χ4v) is 3.70. The number of benzene rings is 2. The van der Waals surface area contributed by atoms with Crippen molar-refractivity contribution in [1.29, 1.82) is 0 Å². The number of pyridine rings is 2. The highest BCUT2D eigenvalue weighted by Crippen LogP contribution is 2.28. The predicted molar refractivity (Wildman–Crippen MR) is 114 cm³/mol. The third kappa shape index (κ3) is 3.16. The molecule has 0 bridgehead atoms. The average molecular weight is 385 g/mol. The van der Waals surface area contributed by atoms with Crippen LogP contribution in [0.25, 0.3) is 21.8 Å². The molecule has 29 heavy (non-hydrogen) atoms. The van der Waals surface area contributed by atoms with Gasteiger partial charge in [-0.2, -0.15) is 0 Å². The summed E-state index contributed by atoms with van der Waals surface area (Å²) in [6.07, 6.45) is 1.67. The number of nitrogens with one attached hydrogen (secondary N) is 3. The Morgan fingerprint density at radius 3 is 2.52 bits per heavy atom. The summed E-state index contributed by atoms with van der Waals surface area (Å²) >= 11 is 0. The quantitative estimate of drug-likeness (QED) is 0.472. The van der Waals surface area contributed by atoms with E-state index in [1.165, 1.54) is 0 Å². The molecule has 1 aliphatic heterocycles. The number of para-hydroxylation sites is 1. The maximum atomic E-state index is 12.4. The van der Waals surface area contributed by atoms with E-state index in [2.05, 4.69) is 20.6 Å². The van der Waals surface area contributed by atoms with Crippen LogP contribution in [0.4, 0.5) is 16.2 Å². The molecule has 7 nitrogen and oxygen atoms in total. The van der Waals surface area contributed by atoms with Gasteiger partial charge in [0.15, 0.2) is 0 Å². The van der Waals surface area contributed by atoms with Gasteiger partial charge < -0.3 is 20.5 Å². The predicted octanol–water partition coefficient (Wildman–Crippen LogP) is 3.40. The van der Waals surface area contributed by atoms with Gasteiger partial charge in [-0.15, -0.1) is 0 Å². The van der Waals surface area contributed by atoms with Gasteiger partial charge in [-0.05, 0) is 24.3 Å². The average Bonchev–Trinajstić information content (AvgIpc) is 2.71. The number of anilines is 2. The minimum absolute atomic E-state index is 0.108. The van der Waals surface area contributed by atoms with E-state index in [1.807, 2.05) is 60.7 Å². The van der Waals surface area contributed by atoms with Gasteiger partial charge in [0.25, 0.3) is 5.56 Å². The second-order valence-corrected chi connectivity index (χ2v) is 7.12. The van der Waals surface area contributed by atoms with Crippen molar-refractivity contribution in [3.05, 3.63) is 77.2 Å². The van der Waals surface area contributed by atoms with Crippen LogP contribution in [0.3, 0.4) is 0 Å². The molecule has 3 N–H and O–H groups in total. The van der Waals surface area contributed by atoms with Crippen molar-refractivity contribution in [2.75, 3.05) is 23.7 Å². The van der Waals surface area contributed by atoms with E-state index in [0.29, 0.717) is 24.1 Å². The summed E-state index contributed by atoms with van der Waals surface area (Å²) in [5.74, 6) is 0. The van der Waals surface area contributed by atoms with Gasteiger partial charge in [0.1, 0.15) is 5.65 Å². The summed E-state index contributed by atoms with van der Waals surface area (Å²) in [7, 11) is 0. The lowest BCUT2D eigenvalue weighted by atomic mass is 10.1. The van der Waals surface area contributed by atoms with Crippen molar-refractivity contribution in [3.8, 4) is 0 Å². The zero-order chi connectivity index (χ0) is 19.8. The SMILES string of the molecule is O=C(Nc1ccccc1)N1CC(Nc2ccnc3[nH]c(=O)c4ccccc4c23)C1. The number of aromatic nitrogens is 2. The lowest BCUT2D eigenvalue weighted by molar-refractivity contribution is 0.171. The summed E-state index contributed by atoms with van der Waals surface area (Å²) in [6.45, 7) is 1.20. The molecular weight excluding hydrogens is 366 g/mol. The molecule has 0 saturated carbocycles. The van der Waals surface area contributed by atoms with E-state index in [1.54, 1.807) is 11.1 Å². The summed E-state index contributed by atoms with van der Waals surface area (Å²) in [5, 5.41) is 8.77. The zero-order valence-electron chi connectivity index (χ0n) is 15.6. The first-order valence-corrected chi connectivity index (χ1v) is 9.46. The van der Waals surface area contributed by atoms with E-state index in [-0.39, 0.29) is 17.6 Å². The Bertz CT molecular complexity index is 1260. The Morgan fingerprint density at radius 2 is 1.72 bits per heavy atom. The van der Waals surface area contributed by atoms with Crippen LogP contribution in [-0.2, 0) is 0 Å². The van der Waals surface area contributed by atoms with Gasteiger partial charge in [0.05, 0.1) is 6.04 Å². The molecule has 144 valence electrons. The number of hydrogen-bond acceptors (Lipinski definition) is 4. The van der Waals surface area contributed by atoms with Crippen molar-refractivity contribution < 1.29 is 4.79 Å². The molecule has 5 rings (SSSR count). The molecule has 1 aliphatic rings. The van der Waals surface area contributed by atoms with Crippen molar-refractivity contribution in [2.45, 2.75) is 6.04 Å². The molecule has 2 aromatic carbocycles. The first-order valence-electron chi connectivity index (χ1n) is 9.46. The van der Waals surface area contributed by atoms with E-state index in [4.69, 9.17) is 0 Å². The second kappa shape index (κ2) is 6.94. The molecule has 3 heterocycles. The lowest BCUT2D eigenvalue weighted by Gasteiger charge is -2.40. The number of H-pyrrole nitrogens is 1. The topological polar surface area (TPSA) is 90.1 Å². The first-order chi connectivity index (χ1) is 14.2. The van der Waals surface area contributed by atoms with Crippen molar-refractivity contribution in [1.82, 2.24) is 14.9 Å². The fraction of sp³-hybridized carbons (Fsp3) is 0.136. The van der Waals surface area contributed by atoms with Crippen LogP contribution in [0.2, 0.25) is 0 Å². The number of amides is 2. The Labute approximate surface area is 166 Å². The molecule has 0 radical (unpaired) electrons. The van der Waals surface area contributed by atoms with E-state index in [9.17, 15) is 9.59 Å². The van der Waals surface area contributed by atoms with Crippen LogP contribution in [-0.4, -0.2) is 40.0 Å². The largest absolute Gasteiger partial charge is 0.378 e.